The zero-order chi connectivity index (χ0) is 12.2. The van der Waals surface area contributed by atoms with Gasteiger partial charge in [0.2, 0.25) is 11.8 Å². The Bertz CT molecular complexity index is 327. The zero-order valence-electron chi connectivity index (χ0n) is 9.67. The molecule has 0 radical (unpaired) electrons. The molecule has 0 aliphatic heterocycles. The van der Waals surface area contributed by atoms with Crippen molar-refractivity contribution in [2.45, 2.75) is 39.2 Å². The Balaban J connectivity index is 2.17. The average molecular weight is 223 g/mol. The number of hydrogen-bond donors (Lipinski definition) is 2. The van der Waals surface area contributed by atoms with Crippen molar-refractivity contribution in [1.29, 1.82) is 5.26 Å². The number of nitrogens with zero attached hydrogens (tertiary/aromatic N) is 1. The molecular weight excluding hydrogens is 206 g/mol. The summed E-state index contributed by atoms with van der Waals surface area (Å²) in [6.07, 6.45) is 2.38. The Morgan fingerprint density at radius 2 is 2.06 bits per heavy atom. The van der Waals surface area contributed by atoms with Gasteiger partial charge in [-0.05, 0) is 26.7 Å². The second-order valence-corrected chi connectivity index (χ2v) is 4.58. The lowest BCUT2D eigenvalue weighted by molar-refractivity contribution is -0.127. The number of amides is 2. The molecule has 0 heterocycles. The first kappa shape index (κ1) is 12.5. The van der Waals surface area contributed by atoms with Crippen LogP contribution in [0.1, 0.15) is 33.1 Å². The van der Waals surface area contributed by atoms with Crippen LogP contribution in [0.15, 0.2) is 0 Å². The zero-order valence-corrected chi connectivity index (χ0v) is 9.67. The maximum Gasteiger partial charge on any atom is 0.239 e. The molecule has 1 saturated carbocycles. The lowest BCUT2D eigenvalue weighted by atomic mass is 9.95. The molecule has 0 unspecified atom stereocenters. The molecular formula is C11H17N3O2. The first-order valence-corrected chi connectivity index (χ1v) is 5.44. The fraction of sp³-hybridized carbons (Fsp3) is 0.727. The molecule has 2 amide bonds. The maximum atomic E-state index is 11.4. The predicted octanol–water partition coefficient (Wildman–Crippen LogP) is 0.321. The fourth-order valence-corrected chi connectivity index (χ4v) is 1.09. The first-order valence-electron chi connectivity index (χ1n) is 5.44. The van der Waals surface area contributed by atoms with Crippen molar-refractivity contribution >= 4 is 11.8 Å². The SMILES string of the molecule is CC(C)(C#N)C(=O)NCCC(=O)NC1CC1. The second-order valence-electron chi connectivity index (χ2n) is 4.58. The molecule has 0 spiro atoms. The topological polar surface area (TPSA) is 82.0 Å². The van der Waals surface area contributed by atoms with Crippen LogP contribution in [-0.2, 0) is 9.59 Å². The third-order valence-corrected chi connectivity index (χ3v) is 2.43. The van der Waals surface area contributed by atoms with Crippen LogP contribution in [0.5, 0.6) is 0 Å². The van der Waals surface area contributed by atoms with Gasteiger partial charge in [-0.1, -0.05) is 0 Å². The predicted molar refractivity (Wildman–Crippen MR) is 58.2 cm³/mol. The van der Waals surface area contributed by atoms with Gasteiger partial charge in [0, 0.05) is 19.0 Å². The first-order chi connectivity index (χ1) is 7.45. The molecule has 0 aromatic rings. The van der Waals surface area contributed by atoms with Crippen LogP contribution < -0.4 is 10.6 Å². The van der Waals surface area contributed by atoms with Crippen molar-refractivity contribution in [3.8, 4) is 6.07 Å². The third-order valence-electron chi connectivity index (χ3n) is 2.43. The molecule has 1 fully saturated rings. The van der Waals surface area contributed by atoms with E-state index in [4.69, 9.17) is 5.26 Å². The third kappa shape index (κ3) is 3.89. The largest absolute Gasteiger partial charge is 0.354 e. The second kappa shape index (κ2) is 4.97. The van der Waals surface area contributed by atoms with Gasteiger partial charge < -0.3 is 10.6 Å². The van der Waals surface area contributed by atoms with Gasteiger partial charge >= 0.3 is 0 Å². The van der Waals surface area contributed by atoms with Crippen molar-refractivity contribution < 1.29 is 9.59 Å². The Hall–Kier alpha value is -1.57. The van der Waals surface area contributed by atoms with E-state index in [1.807, 2.05) is 6.07 Å². The van der Waals surface area contributed by atoms with E-state index in [9.17, 15) is 9.59 Å². The quantitative estimate of drug-likeness (QED) is 0.704. The highest BCUT2D eigenvalue weighted by atomic mass is 16.2. The number of nitriles is 1. The average Bonchev–Trinajstić information content (AvgIpc) is 3.01. The number of hydrogen-bond acceptors (Lipinski definition) is 3. The van der Waals surface area contributed by atoms with E-state index in [0.29, 0.717) is 6.04 Å². The summed E-state index contributed by atoms with van der Waals surface area (Å²) in [5.41, 5.74) is -1.03. The molecule has 88 valence electrons. The Morgan fingerprint density at radius 3 is 2.56 bits per heavy atom. The molecule has 5 nitrogen and oxygen atoms in total. The molecule has 0 bridgehead atoms. The smallest absolute Gasteiger partial charge is 0.239 e. The molecule has 0 atom stereocenters. The normalized spacial score (nSPS) is 15.1. The summed E-state index contributed by atoms with van der Waals surface area (Å²) in [7, 11) is 0. The highest BCUT2D eigenvalue weighted by Gasteiger charge is 2.27. The number of carbonyl (C=O) groups is 2. The molecule has 2 N–H and O–H groups in total. The van der Waals surface area contributed by atoms with Gasteiger partial charge in [0.15, 0.2) is 0 Å². The van der Waals surface area contributed by atoms with Crippen LogP contribution in [-0.4, -0.2) is 24.4 Å². The van der Waals surface area contributed by atoms with E-state index < -0.39 is 5.41 Å². The van der Waals surface area contributed by atoms with Gasteiger partial charge in [0.05, 0.1) is 6.07 Å². The van der Waals surface area contributed by atoms with Gasteiger partial charge in [-0.3, -0.25) is 9.59 Å². The Labute approximate surface area is 95.2 Å². The molecule has 1 rings (SSSR count). The van der Waals surface area contributed by atoms with Crippen LogP contribution in [0, 0.1) is 16.7 Å². The Kier molecular flexibility index (Phi) is 3.88. The van der Waals surface area contributed by atoms with E-state index in [1.165, 1.54) is 0 Å². The molecule has 1 aliphatic carbocycles. The van der Waals surface area contributed by atoms with Crippen molar-refractivity contribution in [2.75, 3.05) is 6.54 Å². The standard InChI is InChI=1S/C11H17N3O2/c1-11(2,7-12)10(16)13-6-5-9(15)14-8-3-4-8/h8H,3-6H2,1-2H3,(H,13,16)(H,14,15). The van der Waals surface area contributed by atoms with E-state index >= 15 is 0 Å². The highest BCUT2D eigenvalue weighted by Crippen LogP contribution is 2.18. The van der Waals surface area contributed by atoms with E-state index in [0.717, 1.165) is 12.8 Å². The lowest BCUT2D eigenvalue weighted by Crippen LogP contribution is -2.38. The van der Waals surface area contributed by atoms with Gasteiger partial charge in [0.25, 0.3) is 0 Å². The fourth-order valence-electron chi connectivity index (χ4n) is 1.09. The summed E-state index contributed by atoms with van der Waals surface area (Å²) >= 11 is 0. The van der Waals surface area contributed by atoms with Crippen LogP contribution in [0.2, 0.25) is 0 Å². The summed E-state index contributed by atoms with van der Waals surface area (Å²) in [6, 6.07) is 2.25. The Morgan fingerprint density at radius 1 is 1.44 bits per heavy atom. The summed E-state index contributed by atoms with van der Waals surface area (Å²) in [4.78, 5) is 22.7. The van der Waals surface area contributed by atoms with Crippen molar-refractivity contribution in [3.63, 3.8) is 0 Å². The minimum Gasteiger partial charge on any atom is -0.354 e. The van der Waals surface area contributed by atoms with Crippen LogP contribution in [0.25, 0.3) is 0 Å². The van der Waals surface area contributed by atoms with Gasteiger partial charge in [-0.25, -0.2) is 0 Å². The van der Waals surface area contributed by atoms with E-state index in [2.05, 4.69) is 10.6 Å². The summed E-state index contributed by atoms with van der Waals surface area (Å²) < 4.78 is 0. The lowest BCUT2D eigenvalue weighted by Gasteiger charge is -2.14. The van der Waals surface area contributed by atoms with Gasteiger partial charge in [-0.2, -0.15) is 5.26 Å². The van der Waals surface area contributed by atoms with Gasteiger partial charge in [-0.15, -0.1) is 0 Å². The van der Waals surface area contributed by atoms with Crippen LogP contribution in [0.4, 0.5) is 0 Å². The maximum absolute atomic E-state index is 11.4. The van der Waals surface area contributed by atoms with E-state index in [-0.39, 0.29) is 24.8 Å². The van der Waals surface area contributed by atoms with Crippen molar-refractivity contribution in [2.24, 2.45) is 5.41 Å². The molecule has 0 saturated heterocycles. The molecule has 1 aliphatic rings. The summed E-state index contributed by atoms with van der Waals surface area (Å²) in [5.74, 6) is -0.383. The van der Waals surface area contributed by atoms with Crippen molar-refractivity contribution in [1.82, 2.24) is 10.6 Å². The number of carbonyl (C=O) groups excluding carboxylic acids is 2. The van der Waals surface area contributed by atoms with Gasteiger partial charge in [0.1, 0.15) is 5.41 Å². The van der Waals surface area contributed by atoms with Crippen LogP contribution in [0.3, 0.4) is 0 Å². The number of nitrogens with one attached hydrogen (secondary N) is 2. The number of rotatable bonds is 5. The highest BCUT2D eigenvalue weighted by molar-refractivity contribution is 5.85. The minimum atomic E-state index is -1.03. The van der Waals surface area contributed by atoms with Crippen molar-refractivity contribution in [3.05, 3.63) is 0 Å². The minimum absolute atomic E-state index is 0.0439. The summed E-state index contributed by atoms with van der Waals surface area (Å²) in [6.45, 7) is 3.38. The van der Waals surface area contributed by atoms with E-state index in [1.54, 1.807) is 13.8 Å². The molecule has 16 heavy (non-hydrogen) atoms. The molecule has 0 aromatic carbocycles. The monoisotopic (exact) mass is 223 g/mol. The van der Waals surface area contributed by atoms with Crippen LogP contribution >= 0.6 is 0 Å². The molecule has 0 aromatic heterocycles. The summed E-state index contributed by atoms with van der Waals surface area (Å²) in [5, 5.41) is 14.1. The molecule has 5 heteroatoms.